The number of carboxylic acid groups (broad SMARTS) is 1. The van der Waals surface area contributed by atoms with E-state index in [0.29, 0.717) is 0 Å². The Morgan fingerprint density at radius 2 is 1.93 bits per heavy atom. The van der Waals surface area contributed by atoms with Crippen molar-refractivity contribution < 1.29 is 23.8 Å². The SMILES string of the molecule is COc1c(F)cc(C(=O)O)c(OC)c1Br. The summed E-state index contributed by atoms with van der Waals surface area (Å²) in [4.78, 5) is 10.8. The average Bonchev–Trinajstić information content (AvgIpc) is 2.17. The fourth-order valence-electron chi connectivity index (χ4n) is 1.13. The van der Waals surface area contributed by atoms with Gasteiger partial charge in [-0.05, 0) is 22.0 Å². The summed E-state index contributed by atoms with van der Waals surface area (Å²) in [5, 5.41) is 8.80. The molecule has 1 rings (SSSR count). The Labute approximate surface area is 93.7 Å². The zero-order chi connectivity index (χ0) is 11.6. The van der Waals surface area contributed by atoms with Crippen LogP contribution in [0.4, 0.5) is 4.39 Å². The third-order valence-electron chi connectivity index (χ3n) is 1.77. The predicted octanol–water partition coefficient (Wildman–Crippen LogP) is 2.30. The van der Waals surface area contributed by atoms with E-state index in [2.05, 4.69) is 15.9 Å². The molecule has 6 heteroatoms. The summed E-state index contributed by atoms with van der Waals surface area (Å²) in [6, 6.07) is 0.852. The molecule has 0 unspecified atom stereocenters. The van der Waals surface area contributed by atoms with Crippen LogP contribution in [0.15, 0.2) is 10.5 Å². The number of hydrogen-bond acceptors (Lipinski definition) is 3. The van der Waals surface area contributed by atoms with E-state index in [0.717, 1.165) is 6.07 Å². The number of hydrogen-bond donors (Lipinski definition) is 1. The van der Waals surface area contributed by atoms with E-state index >= 15 is 0 Å². The minimum Gasteiger partial charge on any atom is -0.495 e. The van der Waals surface area contributed by atoms with Gasteiger partial charge in [0.1, 0.15) is 10.0 Å². The lowest BCUT2D eigenvalue weighted by Crippen LogP contribution is -2.04. The van der Waals surface area contributed by atoms with Crippen molar-refractivity contribution in [2.24, 2.45) is 0 Å². The normalized spacial score (nSPS) is 9.87. The summed E-state index contributed by atoms with van der Waals surface area (Å²) >= 11 is 3.02. The molecule has 4 nitrogen and oxygen atoms in total. The highest BCUT2D eigenvalue weighted by Gasteiger charge is 2.21. The van der Waals surface area contributed by atoms with Crippen LogP contribution >= 0.6 is 15.9 Å². The minimum atomic E-state index is -1.27. The standard InChI is InChI=1S/C9H8BrFO4/c1-14-7-4(9(12)13)3-5(11)8(15-2)6(7)10/h3H,1-2H3,(H,12,13). The third kappa shape index (κ3) is 2.04. The van der Waals surface area contributed by atoms with Crippen LogP contribution in [-0.4, -0.2) is 25.3 Å². The lowest BCUT2D eigenvalue weighted by Gasteiger charge is -2.11. The maximum absolute atomic E-state index is 13.3. The molecule has 0 saturated heterocycles. The van der Waals surface area contributed by atoms with Gasteiger partial charge in [0, 0.05) is 0 Å². The molecule has 0 atom stereocenters. The largest absolute Gasteiger partial charge is 0.495 e. The van der Waals surface area contributed by atoms with Crippen LogP contribution in [0.5, 0.6) is 11.5 Å². The van der Waals surface area contributed by atoms with Gasteiger partial charge in [-0.2, -0.15) is 0 Å². The Morgan fingerprint density at radius 3 is 2.33 bits per heavy atom. The molecule has 0 aliphatic rings. The summed E-state index contributed by atoms with van der Waals surface area (Å²) in [6.07, 6.45) is 0. The van der Waals surface area contributed by atoms with Crippen molar-refractivity contribution >= 4 is 21.9 Å². The Hall–Kier alpha value is -1.30. The molecule has 0 spiro atoms. The second-order valence-corrected chi connectivity index (χ2v) is 3.38. The molecule has 0 bridgehead atoms. The van der Waals surface area contributed by atoms with Gasteiger partial charge < -0.3 is 14.6 Å². The Kier molecular flexibility index (Phi) is 3.52. The first-order valence-electron chi connectivity index (χ1n) is 3.86. The predicted molar refractivity (Wildman–Crippen MR) is 54.2 cm³/mol. The van der Waals surface area contributed by atoms with E-state index < -0.39 is 11.8 Å². The van der Waals surface area contributed by atoms with Crippen LogP contribution in [0, 0.1) is 5.82 Å². The lowest BCUT2D eigenvalue weighted by molar-refractivity contribution is 0.0692. The van der Waals surface area contributed by atoms with E-state index in [1.807, 2.05) is 0 Å². The molecule has 0 aromatic heterocycles. The van der Waals surface area contributed by atoms with Gasteiger partial charge in [0.05, 0.1) is 14.2 Å². The third-order valence-corrected chi connectivity index (χ3v) is 2.49. The summed E-state index contributed by atoms with van der Waals surface area (Å²) in [5.74, 6) is -2.09. The molecule has 0 radical (unpaired) electrons. The van der Waals surface area contributed by atoms with E-state index in [1.54, 1.807) is 0 Å². The maximum Gasteiger partial charge on any atom is 0.339 e. The quantitative estimate of drug-likeness (QED) is 0.922. The van der Waals surface area contributed by atoms with Crippen molar-refractivity contribution in [1.29, 1.82) is 0 Å². The van der Waals surface area contributed by atoms with Crippen molar-refractivity contribution in [2.45, 2.75) is 0 Å². The van der Waals surface area contributed by atoms with Crippen LogP contribution in [0.2, 0.25) is 0 Å². The molecule has 0 heterocycles. The van der Waals surface area contributed by atoms with Gasteiger partial charge in [-0.25, -0.2) is 9.18 Å². The van der Waals surface area contributed by atoms with E-state index in [1.165, 1.54) is 14.2 Å². The molecule has 1 N–H and O–H groups in total. The molecule has 15 heavy (non-hydrogen) atoms. The van der Waals surface area contributed by atoms with Gasteiger partial charge in [0.2, 0.25) is 0 Å². The Bertz CT molecular complexity index is 406. The first-order valence-corrected chi connectivity index (χ1v) is 4.65. The first kappa shape index (κ1) is 11.8. The maximum atomic E-state index is 13.3. The monoisotopic (exact) mass is 278 g/mol. The number of halogens is 2. The average molecular weight is 279 g/mol. The summed E-state index contributed by atoms with van der Waals surface area (Å²) in [6.45, 7) is 0. The van der Waals surface area contributed by atoms with E-state index in [-0.39, 0.29) is 21.5 Å². The van der Waals surface area contributed by atoms with E-state index in [4.69, 9.17) is 14.6 Å². The lowest BCUT2D eigenvalue weighted by atomic mass is 10.2. The number of carbonyl (C=O) groups is 1. The van der Waals surface area contributed by atoms with E-state index in [9.17, 15) is 9.18 Å². The Morgan fingerprint density at radius 1 is 1.40 bits per heavy atom. The van der Waals surface area contributed by atoms with Crippen molar-refractivity contribution in [3.63, 3.8) is 0 Å². The molecular formula is C9H8BrFO4. The second-order valence-electron chi connectivity index (χ2n) is 2.59. The molecule has 0 fully saturated rings. The number of methoxy groups -OCH3 is 2. The molecular weight excluding hydrogens is 271 g/mol. The first-order chi connectivity index (χ1) is 7.02. The highest BCUT2D eigenvalue weighted by Crippen LogP contribution is 2.39. The van der Waals surface area contributed by atoms with Gasteiger partial charge >= 0.3 is 5.97 Å². The minimum absolute atomic E-state index is 0.0285. The zero-order valence-electron chi connectivity index (χ0n) is 8.01. The van der Waals surface area contributed by atoms with Gasteiger partial charge in [0.25, 0.3) is 0 Å². The van der Waals surface area contributed by atoms with Gasteiger partial charge in [-0.3, -0.25) is 0 Å². The van der Waals surface area contributed by atoms with Crippen LogP contribution in [-0.2, 0) is 0 Å². The van der Waals surface area contributed by atoms with Crippen molar-refractivity contribution in [1.82, 2.24) is 0 Å². The molecule has 0 saturated carbocycles. The molecule has 0 aliphatic heterocycles. The number of ether oxygens (including phenoxy) is 2. The summed E-state index contributed by atoms with van der Waals surface area (Å²) in [5.41, 5.74) is -0.261. The summed E-state index contributed by atoms with van der Waals surface area (Å²) in [7, 11) is 2.58. The molecule has 82 valence electrons. The smallest absolute Gasteiger partial charge is 0.339 e. The fraction of sp³-hybridized carbons (Fsp3) is 0.222. The van der Waals surface area contributed by atoms with Crippen LogP contribution < -0.4 is 9.47 Å². The van der Waals surface area contributed by atoms with Crippen molar-refractivity contribution in [2.75, 3.05) is 14.2 Å². The number of benzene rings is 1. The molecule has 0 aliphatic carbocycles. The molecule has 0 amide bonds. The van der Waals surface area contributed by atoms with Crippen LogP contribution in [0.3, 0.4) is 0 Å². The van der Waals surface area contributed by atoms with Crippen molar-refractivity contribution in [3.8, 4) is 11.5 Å². The summed E-state index contributed by atoms with van der Waals surface area (Å²) < 4.78 is 23.1. The zero-order valence-corrected chi connectivity index (χ0v) is 9.59. The van der Waals surface area contributed by atoms with Crippen molar-refractivity contribution in [3.05, 3.63) is 21.9 Å². The molecule has 1 aromatic carbocycles. The van der Waals surface area contributed by atoms with Crippen LogP contribution in [0.1, 0.15) is 10.4 Å². The topological polar surface area (TPSA) is 55.8 Å². The van der Waals surface area contributed by atoms with Gasteiger partial charge in [0.15, 0.2) is 17.3 Å². The van der Waals surface area contributed by atoms with Gasteiger partial charge in [-0.1, -0.05) is 0 Å². The van der Waals surface area contributed by atoms with Crippen LogP contribution in [0.25, 0.3) is 0 Å². The molecule has 1 aromatic rings. The Balaban J connectivity index is 3.51. The second kappa shape index (κ2) is 4.48. The highest BCUT2D eigenvalue weighted by atomic mass is 79.9. The highest BCUT2D eigenvalue weighted by molar-refractivity contribution is 9.10. The van der Waals surface area contributed by atoms with Gasteiger partial charge in [-0.15, -0.1) is 0 Å². The number of carboxylic acids is 1. The number of aromatic carboxylic acids is 1. The fourth-order valence-corrected chi connectivity index (χ4v) is 1.86. The number of rotatable bonds is 3.